The molecule has 5 heteroatoms. The molecule has 0 amide bonds. The highest BCUT2D eigenvalue weighted by Gasteiger charge is 2.28. The lowest BCUT2D eigenvalue weighted by Gasteiger charge is -2.29. The average molecular weight is 335 g/mol. The minimum absolute atomic E-state index is 0.274. The Kier molecular flexibility index (Phi) is 6.43. The summed E-state index contributed by atoms with van der Waals surface area (Å²) < 4.78 is 32.1. The third kappa shape index (κ3) is 4.60. The Bertz CT molecular complexity index is 583. The second-order valence-electron chi connectivity index (χ2n) is 6.02. The first-order chi connectivity index (χ1) is 11.4. The van der Waals surface area contributed by atoms with Gasteiger partial charge in [-0.05, 0) is 42.3 Å². The zero-order valence-electron chi connectivity index (χ0n) is 13.8. The fourth-order valence-electron chi connectivity index (χ4n) is 2.78. The number of benzene rings is 2. The van der Waals surface area contributed by atoms with Crippen LogP contribution in [0.2, 0.25) is 0 Å². The lowest BCUT2D eigenvalue weighted by molar-refractivity contribution is 0.0287. The molecule has 3 N–H and O–H groups in total. The second-order valence-corrected chi connectivity index (χ2v) is 6.02. The van der Waals surface area contributed by atoms with E-state index in [2.05, 4.69) is 0 Å². The quantitative estimate of drug-likeness (QED) is 0.817. The fraction of sp³-hybridized carbons (Fsp3) is 0.368. The highest BCUT2D eigenvalue weighted by molar-refractivity contribution is 5.34. The van der Waals surface area contributed by atoms with Gasteiger partial charge in [0.2, 0.25) is 0 Å². The van der Waals surface area contributed by atoms with Crippen LogP contribution in [-0.2, 0) is 4.74 Å². The van der Waals surface area contributed by atoms with Gasteiger partial charge < -0.3 is 15.6 Å². The number of aliphatic hydroxyl groups excluding tert-OH is 1. The number of hydrogen-bond acceptors (Lipinski definition) is 3. The molecule has 3 nitrogen and oxygen atoms in total. The largest absolute Gasteiger partial charge is 0.391 e. The molecule has 0 aliphatic heterocycles. The summed E-state index contributed by atoms with van der Waals surface area (Å²) in [4.78, 5) is 0. The lowest BCUT2D eigenvalue weighted by atomic mass is 9.83. The zero-order chi connectivity index (χ0) is 17.7. The van der Waals surface area contributed by atoms with E-state index in [0.29, 0.717) is 6.42 Å². The SMILES string of the molecule is COC(CC(O)C(C)N)C(c1ccc(F)cc1)c1ccc(F)cc1. The Hall–Kier alpha value is -1.82. The molecule has 0 bridgehead atoms. The topological polar surface area (TPSA) is 55.5 Å². The fourth-order valence-corrected chi connectivity index (χ4v) is 2.78. The highest BCUT2D eigenvalue weighted by atomic mass is 19.1. The van der Waals surface area contributed by atoms with Crippen LogP contribution in [0.3, 0.4) is 0 Å². The number of methoxy groups -OCH3 is 1. The van der Waals surface area contributed by atoms with Gasteiger partial charge in [0, 0.05) is 25.5 Å². The summed E-state index contributed by atoms with van der Waals surface area (Å²) in [6, 6.07) is 11.8. The van der Waals surface area contributed by atoms with Gasteiger partial charge in [-0.1, -0.05) is 24.3 Å². The monoisotopic (exact) mass is 335 g/mol. The Morgan fingerprint density at radius 1 is 0.958 bits per heavy atom. The van der Waals surface area contributed by atoms with Gasteiger partial charge >= 0.3 is 0 Å². The van der Waals surface area contributed by atoms with Crippen LogP contribution in [0.4, 0.5) is 8.78 Å². The molecular formula is C19H23F2NO2. The molecule has 2 aromatic rings. The Morgan fingerprint density at radius 2 is 1.38 bits per heavy atom. The van der Waals surface area contributed by atoms with Crippen molar-refractivity contribution in [1.29, 1.82) is 0 Å². The molecule has 2 rings (SSSR count). The molecule has 3 atom stereocenters. The first kappa shape index (κ1) is 18.5. The van der Waals surface area contributed by atoms with Gasteiger partial charge in [0.15, 0.2) is 0 Å². The van der Waals surface area contributed by atoms with E-state index in [-0.39, 0.29) is 23.7 Å². The van der Waals surface area contributed by atoms with Crippen LogP contribution >= 0.6 is 0 Å². The van der Waals surface area contributed by atoms with Crippen molar-refractivity contribution in [3.8, 4) is 0 Å². The molecular weight excluding hydrogens is 312 g/mol. The van der Waals surface area contributed by atoms with E-state index in [1.807, 2.05) is 0 Å². The number of halogens is 2. The van der Waals surface area contributed by atoms with Crippen LogP contribution < -0.4 is 5.73 Å². The molecule has 0 aliphatic carbocycles. The Morgan fingerprint density at radius 3 is 1.71 bits per heavy atom. The van der Waals surface area contributed by atoms with E-state index >= 15 is 0 Å². The molecule has 0 radical (unpaired) electrons. The smallest absolute Gasteiger partial charge is 0.123 e. The molecule has 0 aromatic heterocycles. The van der Waals surface area contributed by atoms with Crippen molar-refractivity contribution in [3.63, 3.8) is 0 Å². The maximum atomic E-state index is 13.3. The number of hydrogen-bond donors (Lipinski definition) is 2. The minimum atomic E-state index is -0.738. The first-order valence-electron chi connectivity index (χ1n) is 7.89. The lowest BCUT2D eigenvalue weighted by Crippen LogP contribution is -2.37. The van der Waals surface area contributed by atoms with Crippen LogP contribution in [0, 0.1) is 11.6 Å². The highest BCUT2D eigenvalue weighted by Crippen LogP contribution is 2.32. The van der Waals surface area contributed by atoms with Crippen molar-refractivity contribution < 1.29 is 18.6 Å². The zero-order valence-corrected chi connectivity index (χ0v) is 13.8. The van der Waals surface area contributed by atoms with Crippen molar-refractivity contribution in [3.05, 3.63) is 71.3 Å². The van der Waals surface area contributed by atoms with E-state index in [9.17, 15) is 13.9 Å². The van der Waals surface area contributed by atoms with Crippen LogP contribution in [0.1, 0.15) is 30.4 Å². The molecule has 0 saturated carbocycles. The molecule has 24 heavy (non-hydrogen) atoms. The molecule has 0 aliphatic rings. The van der Waals surface area contributed by atoms with Crippen LogP contribution in [0.25, 0.3) is 0 Å². The molecule has 0 heterocycles. The summed E-state index contributed by atoms with van der Waals surface area (Å²) in [5.41, 5.74) is 7.40. The van der Waals surface area contributed by atoms with Gasteiger partial charge in [0.05, 0.1) is 12.2 Å². The molecule has 130 valence electrons. The van der Waals surface area contributed by atoms with E-state index < -0.39 is 12.1 Å². The predicted octanol–water partition coefficient (Wildman–Crippen LogP) is 3.21. The molecule has 0 spiro atoms. The van der Waals surface area contributed by atoms with E-state index in [1.54, 1.807) is 38.3 Å². The predicted molar refractivity (Wildman–Crippen MR) is 89.7 cm³/mol. The van der Waals surface area contributed by atoms with Crippen molar-refractivity contribution in [2.24, 2.45) is 5.73 Å². The summed E-state index contributed by atoms with van der Waals surface area (Å²) >= 11 is 0. The summed E-state index contributed by atoms with van der Waals surface area (Å²) in [5.74, 6) is -0.938. The minimum Gasteiger partial charge on any atom is -0.391 e. The average Bonchev–Trinajstić information content (AvgIpc) is 2.57. The Balaban J connectivity index is 2.40. The maximum absolute atomic E-state index is 13.3. The number of nitrogens with two attached hydrogens (primary N) is 1. The summed E-state index contributed by atoms with van der Waals surface area (Å²) in [6.07, 6.45) is -0.812. The second kappa shape index (κ2) is 8.33. The summed E-state index contributed by atoms with van der Waals surface area (Å²) in [6.45, 7) is 1.72. The van der Waals surface area contributed by atoms with Gasteiger partial charge in [-0.25, -0.2) is 8.78 Å². The summed E-state index contributed by atoms with van der Waals surface area (Å²) in [5, 5.41) is 10.1. The molecule has 2 aromatic carbocycles. The van der Waals surface area contributed by atoms with Crippen molar-refractivity contribution in [2.45, 2.75) is 37.5 Å². The number of aliphatic hydroxyl groups is 1. The van der Waals surface area contributed by atoms with Gasteiger partial charge in [-0.3, -0.25) is 0 Å². The van der Waals surface area contributed by atoms with Crippen LogP contribution in [0.15, 0.2) is 48.5 Å². The number of rotatable bonds is 7. The van der Waals surface area contributed by atoms with E-state index in [1.165, 1.54) is 24.3 Å². The van der Waals surface area contributed by atoms with Crippen molar-refractivity contribution in [2.75, 3.05) is 7.11 Å². The van der Waals surface area contributed by atoms with E-state index in [0.717, 1.165) is 11.1 Å². The van der Waals surface area contributed by atoms with Crippen LogP contribution in [-0.4, -0.2) is 30.5 Å². The van der Waals surface area contributed by atoms with Gasteiger partial charge in [-0.15, -0.1) is 0 Å². The van der Waals surface area contributed by atoms with Crippen molar-refractivity contribution in [1.82, 2.24) is 0 Å². The normalized spacial score (nSPS) is 15.3. The Labute approximate surface area is 141 Å². The molecule has 0 fully saturated rings. The van der Waals surface area contributed by atoms with Gasteiger partial charge in [0.25, 0.3) is 0 Å². The third-order valence-electron chi connectivity index (χ3n) is 4.21. The molecule has 3 unspecified atom stereocenters. The van der Waals surface area contributed by atoms with Crippen LogP contribution in [0.5, 0.6) is 0 Å². The maximum Gasteiger partial charge on any atom is 0.123 e. The standard InChI is InChI=1S/C19H23F2NO2/c1-12(22)17(23)11-18(24-2)19(13-3-7-15(20)8-4-13)14-5-9-16(21)10-6-14/h3-10,12,17-19,23H,11,22H2,1-2H3. The summed E-state index contributed by atoms with van der Waals surface area (Å²) in [7, 11) is 1.55. The number of ether oxygens (including phenoxy) is 1. The van der Waals surface area contributed by atoms with E-state index in [4.69, 9.17) is 10.5 Å². The molecule has 0 saturated heterocycles. The van der Waals surface area contributed by atoms with Gasteiger partial charge in [0.1, 0.15) is 11.6 Å². The van der Waals surface area contributed by atoms with Crippen molar-refractivity contribution >= 4 is 0 Å². The third-order valence-corrected chi connectivity index (χ3v) is 4.21. The van der Waals surface area contributed by atoms with Gasteiger partial charge in [-0.2, -0.15) is 0 Å². The first-order valence-corrected chi connectivity index (χ1v) is 7.89.